The Morgan fingerprint density at radius 2 is 1.68 bits per heavy atom. The zero-order chi connectivity index (χ0) is 15.8. The van der Waals surface area contributed by atoms with Gasteiger partial charge >= 0.3 is 0 Å². The van der Waals surface area contributed by atoms with Gasteiger partial charge in [-0.2, -0.15) is 0 Å². The second kappa shape index (κ2) is 8.87. The maximum absolute atomic E-state index is 6.02. The van der Waals surface area contributed by atoms with Crippen molar-refractivity contribution < 1.29 is 0 Å². The van der Waals surface area contributed by atoms with E-state index in [2.05, 4.69) is 36.2 Å². The molecular weight excluding hydrogens is 313 g/mol. The zero-order valence-electron chi connectivity index (χ0n) is 12.6. The average molecular weight is 334 g/mol. The molecule has 0 atom stereocenters. The summed E-state index contributed by atoms with van der Waals surface area (Å²) in [5.74, 6) is 0. The minimum Gasteiger partial charge on any atom is -0.389 e. The summed E-state index contributed by atoms with van der Waals surface area (Å²) < 4.78 is 0. The Morgan fingerprint density at radius 3 is 2.41 bits per heavy atom. The van der Waals surface area contributed by atoms with Crippen LogP contribution < -0.4 is 5.32 Å². The van der Waals surface area contributed by atoms with Crippen molar-refractivity contribution in [2.24, 2.45) is 0 Å². The lowest BCUT2D eigenvalue weighted by Gasteiger charge is -2.10. The fourth-order valence-corrected chi connectivity index (χ4v) is 2.60. The van der Waals surface area contributed by atoms with Crippen LogP contribution in [0.25, 0.3) is 0 Å². The van der Waals surface area contributed by atoms with Crippen molar-refractivity contribution in [2.75, 3.05) is 6.54 Å². The van der Waals surface area contributed by atoms with Gasteiger partial charge in [0.2, 0.25) is 0 Å². The normalized spacial score (nSPS) is 10.5. The molecule has 2 aromatic carbocycles. The monoisotopic (exact) mass is 333 g/mol. The summed E-state index contributed by atoms with van der Waals surface area (Å²) in [6.07, 6.45) is 4.02. The summed E-state index contributed by atoms with van der Waals surface area (Å²) in [5.41, 5.74) is 3.63. The highest BCUT2D eigenvalue weighted by Crippen LogP contribution is 2.23. The topological polar surface area (TPSA) is 12.0 Å². The molecule has 0 radical (unpaired) electrons. The van der Waals surface area contributed by atoms with Crippen LogP contribution in [0.5, 0.6) is 0 Å². The van der Waals surface area contributed by atoms with Gasteiger partial charge in [-0.05, 0) is 48.9 Å². The Bertz CT molecular complexity index is 608. The molecule has 2 aromatic rings. The van der Waals surface area contributed by atoms with Crippen LogP contribution >= 0.6 is 23.2 Å². The number of halogens is 2. The average Bonchev–Trinajstić information content (AvgIpc) is 2.54. The Morgan fingerprint density at radius 1 is 0.909 bits per heavy atom. The van der Waals surface area contributed by atoms with Gasteiger partial charge in [-0.1, -0.05) is 66.2 Å². The lowest BCUT2D eigenvalue weighted by Crippen LogP contribution is -2.15. The minimum absolute atomic E-state index is 0.600. The molecule has 0 bridgehead atoms. The minimum atomic E-state index is 0.600. The Kier molecular flexibility index (Phi) is 6.82. The number of benzene rings is 2. The summed E-state index contributed by atoms with van der Waals surface area (Å²) in [4.78, 5) is 0. The molecule has 0 saturated carbocycles. The third-order valence-corrected chi connectivity index (χ3v) is 4.30. The standard InChI is InChI=1S/C19H21Cl2N/c1-15(9-10-17-11-12-18(20)19(21)14-17)22-13-5-8-16-6-3-2-4-7-16/h2-4,6-7,11-12,14,22H,1,5,8-10,13H2. The van der Waals surface area contributed by atoms with Gasteiger partial charge < -0.3 is 5.32 Å². The molecule has 0 spiro atoms. The van der Waals surface area contributed by atoms with Crippen molar-refractivity contribution >= 4 is 23.2 Å². The molecule has 2 rings (SSSR count). The lowest BCUT2D eigenvalue weighted by atomic mass is 10.1. The van der Waals surface area contributed by atoms with Crippen molar-refractivity contribution in [3.05, 3.63) is 82.0 Å². The smallest absolute Gasteiger partial charge is 0.0595 e. The van der Waals surface area contributed by atoms with Crippen molar-refractivity contribution in [3.8, 4) is 0 Å². The van der Waals surface area contributed by atoms with Crippen LogP contribution in [0.3, 0.4) is 0 Å². The highest BCUT2D eigenvalue weighted by Gasteiger charge is 2.01. The first-order valence-corrected chi connectivity index (χ1v) is 8.30. The van der Waals surface area contributed by atoms with Crippen LogP contribution in [-0.4, -0.2) is 6.54 Å². The van der Waals surface area contributed by atoms with Crippen molar-refractivity contribution in [1.29, 1.82) is 0 Å². The SMILES string of the molecule is C=C(CCc1ccc(Cl)c(Cl)c1)NCCCc1ccccc1. The Labute approximate surface area is 143 Å². The first kappa shape index (κ1) is 16.9. The summed E-state index contributed by atoms with van der Waals surface area (Å²) >= 11 is 11.9. The molecule has 0 amide bonds. The first-order chi connectivity index (χ1) is 10.6. The van der Waals surface area contributed by atoms with Gasteiger partial charge in [-0.15, -0.1) is 0 Å². The van der Waals surface area contributed by atoms with E-state index < -0.39 is 0 Å². The number of rotatable bonds is 8. The quantitative estimate of drug-likeness (QED) is 0.614. The maximum Gasteiger partial charge on any atom is 0.0595 e. The van der Waals surface area contributed by atoms with Crippen LogP contribution in [0.4, 0.5) is 0 Å². The highest BCUT2D eigenvalue weighted by molar-refractivity contribution is 6.42. The predicted octanol–water partition coefficient (Wildman–Crippen LogP) is 5.66. The van der Waals surface area contributed by atoms with Gasteiger partial charge in [0.1, 0.15) is 0 Å². The van der Waals surface area contributed by atoms with Crippen molar-refractivity contribution in [1.82, 2.24) is 5.32 Å². The maximum atomic E-state index is 6.02. The fourth-order valence-electron chi connectivity index (χ4n) is 2.28. The van der Waals surface area contributed by atoms with E-state index in [1.54, 1.807) is 0 Å². The van der Waals surface area contributed by atoms with Gasteiger partial charge in [-0.3, -0.25) is 0 Å². The van der Waals surface area contributed by atoms with E-state index in [0.29, 0.717) is 10.0 Å². The largest absolute Gasteiger partial charge is 0.389 e. The molecular formula is C19H21Cl2N. The van der Waals surface area contributed by atoms with Gasteiger partial charge in [0, 0.05) is 12.2 Å². The van der Waals surface area contributed by atoms with Gasteiger partial charge in [0.15, 0.2) is 0 Å². The molecule has 1 N–H and O–H groups in total. The molecule has 22 heavy (non-hydrogen) atoms. The summed E-state index contributed by atoms with van der Waals surface area (Å²) in [6.45, 7) is 5.04. The lowest BCUT2D eigenvalue weighted by molar-refractivity contribution is 0.695. The van der Waals surface area contributed by atoms with Gasteiger partial charge in [-0.25, -0.2) is 0 Å². The zero-order valence-corrected chi connectivity index (χ0v) is 14.1. The molecule has 0 aromatic heterocycles. The molecule has 1 nitrogen and oxygen atoms in total. The van der Waals surface area contributed by atoms with Crippen LogP contribution in [0.2, 0.25) is 10.0 Å². The molecule has 0 aliphatic carbocycles. The van der Waals surface area contributed by atoms with E-state index in [1.165, 1.54) is 11.1 Å². The third kappa shape index (κ3) is 5.75. The van der Waals surface area contributed by atoms with E-state index >= 15 is 0 Å². The van der Waals surface area contributed by atoms with Crippen LogP contribution in [-0.2, 0) is 12.8 Å². The third-order valence-electron chi connectivity index (χ3n) is 3.56. The molecule has 0 saturated heterocycles. The second-order valence-electron chi connectivity index (χ2n) is 5.37. The van der Waals surface area contributed by atoms with E-state index in [9.17, 15) is 0 Å². The summed E-state index contributed by atoms with van der Waals surface area (Å²) in [6, 6.07) is 16.3. The molecule has 0 heterocycles. The fraction of sp³-hybridized carbons (Fsp3) is 0.263. The first-order valence-electron chi connectivity index (χ1n) is 7.54. The second-order valence-corrected chi connectivity index (χ2v) is 6.18. The van der Waals surface area contributed by atoms with Gasteiger partial charge in [0.05, 0.1) is 10.0 Å². The molecule has 3 heteroatoms. The number of aryl methyl sites for hydroxylation is 2. The van der Waals surface area contributed by atoms with Crippen LogP contribution in [0, 0.1) is 0 Å². The highest BCUT2D eigenvalue weighted by atomic mass is 35.5. The Hall–Kier alpha value is -1.44. The van der Waals surface area contributed by atoms with Crippen molar-refractivity contribution in [3.63, 3.8) is 0 Å². The number of hydrogen-bond donors (Lipinski definition) is 1. The molecule has 0 aliphatic rings. The van der Waals surface area contributed by atoms with Crippen molar-refractivity contribution in [2.45, 2.75) is 25.7 Å². The molecule has 0 fully saturated rings. The van der Waals surface area contributed by atoms with E-state index in [-0.39, 0.29) is 0 Å². The number of hydrogen-bond acceptors (Lipinski definition) is 1. The number of allylic oxidation sites excluding steroid dienone is 1. The molecule has 0 unspecified atom stereocenters. The molecule has 116 valence electrons. The van der Waals surface area contributed by atoms with Crippen LogP contribution in [0.1, 0.15) is 24.0 Å². The summed E-state index contributed by atoms with van der Waals surface area (Å²) in [7, 11) is 0. The number of nitrogens with one attached hydrogen (secondary N) is 1. The van der Waals surface area contributed by atoms with E-state index in [4.69, 9.17) is 23.2 Å². The van der Waals surface area contributed by atoms with Gasteiger partial charge in [0.25, 0.3) is 0 Å². The van der Waals surface area contributed by atoms with E-state index in [0.717, 1.165) is 37.9 Å². The van der Waals surface area contributed by atoms with E-state index in [1.807, 2.05) is 24.3 Å². The predicted molar refractivity (Wildman–Crippen MR) is 96.7 cm³/mol. The molecule has 0 aliphatic heterocycles. The Balaban J connectivity index is 1.64. The van der Waals surface area contributed by atoms with Crippen LogP contribution in [0.15, 0.2) is 60.8 Å². The summed E-state index contributed by atoms with van der Waals surface area (Å²) in [5, 5.41) is 4.61.